The van der Waals surface area contributed by atoms with E-state index in [2.05, 4.69) is 25.8 Å². The molecule has 3 saturated heterocycles. The molecule has 0 radical (unpaired) electrons. The highest BCUT2D eigenvalue weighted by Gasteiger charge is 2.45. The maximum Gasteiger partial charge on any atom is 0.275 e. The molecule has 3 aliphatic heterocycles. The number of carbonyl (C=O) groups excluding carboxylic acids is 2. The maximum atomic E-state index is 14.2. The third-order valence-electron chi connectivity index (χ3n) is 5.87. The van der Waals surface area contributed by atoms with Gasteiger partial charge in [0.1, 0.15) is 11.9 Å². The number of nitrogens with zero attached hydrogens (tertiary/aromatic N) is 3. The Hall–Kier alpha value is -2.33. The van der Waals surface area contributed by atoms with Gasteiger partial charge in [-0.25, -0.2) is 13.8 Å². The topological polar surface area (TPSA) is 89.6 Å². The van der Waals surface area contributed by atoms with E-state index in [4.69, 9.17) is 0 Å². The number of amides is 2. The van der Waals surface area contributed by atoms with Crippen molar-refractivity contribution in [1.29, 1.82) is 0 Å². The van der Waals surface area contributed by atoms with Crippen molar-refractivity contribution in [2.24, 2.45) is 0 Å². The highest BCUT2D eigenvalue weighted by Crippen LogP contribution is 2.29. The molecule has 1 aromatic rings. The summed E-state index contributed by atoms with van der Waals surface area (Å²) in [4.78, 5) is 31.5. The third-order valence-corrected chi connectivity index (χ3v) is 5.87. The average Bonchev–Trinajstić information content (AvgIpc) is 2.71. The molecule has 0 spiro atoms. The van der Waals surface area contributed by atoms with E-state index in [0.717, 1.165) is 5.69 Å². The monoisotopic (exact) mass is 408 g/mol. The minimum absolute atomic E-state index is 0.247. The summed E-state index contributed by atoms with van der Waals surface area (Å²) in [5.41, 5.74) is 0.926. The number of halogens is 2. The van der Waals surface area contributed by atoms with Gasteiger partial charge in [0.25, 0.3) is 5.92 Å². The van der Waals surface area contributed by atoms with Crippen molar-refractivity contribution in [2.45, 2.75) is 37.3 Å². The lowest BCUT2D eigenvalue weighted by Crippen LogP contribution is -2.61. The van der Waals surface area contributed by atoms with Gasteiger partial charge in [-0.15, -0.1) is 0 Å². The first-order valence-corrected chi connectivity index (χ1v) is 10.1. The Balaban J connectivity index is 1.31. The van der Waals surface area contributed by atoms with Crippen LogP contribution in [-0.2, 0) is 9.59 Å². The maximum absolute atomic E-state index is 14.2. The first kappa shape index (κ1) is 20.0. The van der Waals surface area contributed by atoms with E-state index in [0.29, 0.717) is 57.8 Å². The third kappa shape index (κ3) is 4.48. The number of nitrogens with one attached hydrogen (secondary N) is 3. The lowest BCUT2D eigenvalue weighted by Gasteiger charge is -2.44. The zero-order chi connectivity index (χ0) is 20.4. The Bertz CT molecular complexity index is 752. The second kappa shape index (κ2) is 8.19. The molecule has 4 heterocycles. The molecule has 0 aliphatic carbocycles. The van der Waals surface area contributed by atoms with Gasteiger partial charge in [0.05, 0.1) is 24.5 Å². The van der Waals surface area contributed by atoms with Crippen LogP contribution in [0.3, 0.4) is 0 Å². The molecule has 3 N–H and O–H groups in total. The van der Waals surface area contributed by atoms with Crippen LogP contribution in [0.1, 0.15) is 19.3 Å². The quantitative estimate of drug-likeness (QED) is 0.622. The van der Waals surface area contributed by atoms with E-state index in [-0.39, 0.29) is 18.4 Å². The van der Waals surface area contributed by atoms with Gasteiger partial charge in [-0.3, -0.25) is 19.8 Å². The molecular formula is C19H26F2N6O2. The number of rotatable bonds is 4. The number of hydrogen-bond donors (Lipinski definition) is 3. The van der Waals surface area contributed by atoms with Gasteiger partial charge in [0, 0.05) is 32.6 Å². The highest BCUT2D eigenvalue weighted by atomic mass is 19.3. The molecule has 0 saturated carbocycles. The first-order valence-electron chi connectivity index (χ1n) is 10.1. The molecule has 4 rings (SSSR count). The van der Waals surface area contributed by atoms with E-state index in [1.165, 1.54) is 0 Å². The van der Waals surface area contributed by atoms with E-state index in [9.17, 15) is 18.4 Å². The second-order valence-corrected chi connectivity index (χ2v) is 7.81. The minimum atomic E-state index is -2.69. The number of pyridine rings is 1. The summed E-state index contributed by atoms with van der Waals surface area (Å²) >= 11 is 0. The van der Waals surface area contributed by atoms with E-state index in [1.807, 2.05) is 11.0 Å². The number of imide groups is 1. The van der Waals surface area contributed by atoms with E-state index >= 15 is 0 Å². The number of carbonyl (C=O) groups is 2. The Kier molecular flexibility index (Phi) is 5.64. The molecule has 2 atom stereocenters. The minimum Gasteiger partial charge on any atom is -0.368 e. The predicted molar refractivity (Wildman–Crippen MR) is 104 cm³/mol. The van der Waals surface area contributed by atoms with Crippen LogP contribution in [0.25, 0.3) is 0 Å². The summed E-state index contributed by atoms with van der Waals surface area (Å²) < 4.78 is 28.4. The molecule has 3 aliphatic rings. The fraction of sp³-hybridized carbons (Fsp3) is 0.632. The molecule has 158 valence electrons. The lowest BCUT2D eigenvalue weighted by atomic mass is 9.99. The Morgan fingerprint density at radius 2 is 1.93 bits per heavy atom. The normalized spacial score (nSPS) is 28.1. The van der Waals surface area contributed by atoms with Gasteiger partial charge in [-0.2, -0.15) is 0 Å². The van der Waals surface area contributed by atoms with E-state index < -0.39 is 18.0 Å². The highest BCUT2D eigenvalue weighted by molar-refractivity contribution is 6.01. The largest absolute Gasteiger partial charge is 0.368 e. The van der Waals surface area contributed by atoms with E-state index in [1.54, 1.807) is 12.3 Å². The van der Waals surface area contributed by atoms with Crippen molar-refractivity contribution in [3.63, 3.8) is 0 Å². The van der Waals surface area contributed by atoms with Crippen LogP contribution in [0.15, 0.2) is 18.3 Å². The Morgan fingerprint density at radius 3 is 2.59 bits per heavy atom. The summed E-state index contributed by atoms with van der Waals surface area (Å²) in [5.74, 6) is -2.71. The molecule has 0 aromatic carbocycles. The lowest BCUT2D eigenvalue weighted by molar-refractivity contribution is -0.133. The van der Waals surface area contributed by atoms with Gasteiger partial charge < -0.3 is 15.5 Å². The van der Waals surface area contributed by atoms with Crippen molar-refractivity contribution >= 4 is 23.3 Å². The molecule has 1 aromatic heterocycles. The molecule has 10 heteroatoms. The summed E-state index contributed by atoms with van der Waals surface area (Å²) in [5, 5.41) is 8.14. The van der Waals surface area contributed by atoms with Gasteiger partial charge in [-0.05, 0) is 31.5 Å². The van der Waals surface area contributed by atoms with Crippen molar-refractivity contribution in [1.82, 2.24) is 20.5 Å². The average molecular weight is 408 g/mol. The SMILES string of the molecule is O=C1CCC(Nc2ccc(N3CCN(C4CCNCC4(F)F)CC3)cn2)C(=O)N1. The standard InChI is InChI=1S/C19H26F2N6O2/c20-19(21)12-22-6-5-15(19)27-9-7-26(8-10-27)13-1-3-16(23-11-13)24-14-2-4-17(28)25-18(14)29/h1,3,11,14-15,22H,2,4-10,12H2,(H,23,24)(H,25,28,29). The summed E-state index contributed by atoms with van der Waals surface area (Å²) in [7, 11) is 0. The van der Waals surface area contributed by atoms with Crippen LogP contribution in [0.2, 0.25) is 0 Å². The van der Waals surface area contributed by atoms with Crippen LogP contribution in [-0.4, -0.2) is 79.0 Å². The van der Waals surface area contributed by atoms with Crippen molar-refractivity contribution in [2.75, 3.05) is 49.5 Å². The van der Waals surface area contributed by atoms with Crippen LogP contribution < -0.4 is 20.9 Å². The number of alkyl halides is 2. The van der Waals surface area contributed by atoms with Crippen LogP contribution >= 0.6 is 0 Å². The second-order valence-electron chi connectivity index (χ2n) is 7.81. The van der Waals surface area contributed by atoms with Gasteiger partial charge in [-0.1, -0.05) is 0 Å². The zero-order valence-electron chi connectivity index (χ0n) is 16.2. The number of piperazine rings is 1. The van der Waals surface area contributed by atoms with Crippen LogP contribution in [0.5, 0.6) is 0 Å². The van der Waals surface area contributed by atoms with Crippen molar-refractivity contribution in [3.8, 4) is 0 Å². The Labute approximate surface area is 168 Å². The zero-order valence-corrected chi connectivity index (χ0v) is 16.2. The van der Waals surface area contributed by atoms with Crippen LogP contribution in [0, 0.1) is 0 Å². The van der Waals surface area contributed by atoms with Gasteiger partial charge >= 0.3 is 0 Å². The first-order chi connectivity index (χ1) is 13.9. The molecule has 2 amide bonds. The van der Waals surface area contributed by atoms with Crippen molar-refractivity contribution in [3.05, 3.63) is 18.3 Å². The fourth-order valence-electron chi connectivity index (χ4n) is 4.23. The summed E-state index contributed by atoms with van der Waals surface area (Å²) in [6.07, 6.45) is 2.94. The van der Waals surface area contributed by atoms with Crippen LogP contribution in [0.4, 0.5) is 20.3 Å². The molecule has 3 fully saturated rings. The van der Waals surface area contributed by atoms with Crippen molar-refractivity contribution < 1.29 is 18.4 Å². The molecule has 2 unspecified atom stereocenters. The Morgan fingerprint density at radius 1 is 1.14 bits per heavy atom. The molecule has 8 nitrogen and oxygen atoms in total. The number of anilines is 2. The van der Waals surface area contributed by atoms with Gasteiger partial charge in [0.15, 0.2) is 0 Å². The molecular weight excluding hydrogens is 382 g/mol. The summed E-state index contributed by atoms with van der Waals surface area (Å²) in [6, 6.07) is 2.55. The molecule has 0 bridgehead atoms. The molecule has 29 heavy (non-hydrogen) atoms. The number of aromatic nitrogens is 1. The smallest absolute Gasteiger partial charge is 0.275 e. The predicted octanol–water partition coefficient (Wildman–Crippen LogP) is 0.418. The number of hydrogen-bond acceptors (Lipinski definition) is 7. The van der Waals surface area contributed by atoms with Gasteiger partial charge in [0.2, 0.25) is 11.8 Å². The summed E-state index contributed by atoms with van der Waals surface area (Å²) in [6.45, 7) is 2.91. The fourth-order valence-corrected chi connectivity index (χ4v) is 4.23. The number of piperidine rings is 2.